The number of rotatable bonds is 1. The summed E-state index contributed by atoms with van der Waals surface area (Å²) in [5.41, 5.74) is 0. The third-order valence-corrected chi connectivity index (χ3v) is 2.57. The lowest BCUT2D eigenvalue weighted by atomic mass is 9.94. The van der Waals surface area contributed by atoms with Crippen LogP contribution in [0, 0.1) is 5.92 Å². The Bertz CT molecular complexity index is 250. The van der Waals surface area contributed by atoms with Crippen molar-refractivity contribution in [2.24, 2.45) is 5.92 Å². The Morgan fingerprint density at radius 1 is 1.64 bits per heavy atom. The second kappa shape index (κ2) is 2.36. The lowest BCUT2D eigenvalue weighted by Gasteiger charge is -2.11. The molecule has 0 aromatic carbocycles. The Hall–Kier alpha value is -0.790. The van der Waals surface area contributed by atoms with Crippen LogP contribution in [-0.2, 0) is 6.54 Å². The first kappa shape index (κ1) is 6.89. The zero-order chi connectivity index (χ0) is 7.84. The van der Waals surface area contributed by atoms with Crippen molar-refractivity contribution in [3.05, 3.63) is 18.2 Å². The average Bonchev–Trinajstić information content (AvgIpc) is 2.41. The van der Waals surface area contributed by atoms with Crippen LogP contribution in [-0.4, -0.2) is 9.55 Å². The Morgan fingerprint density at radius 2 is 2.45 bits per heavy atom. The van der Waals surface area contributed by atoms with Gasteiger partial charge in [0.15, 0.2) is 0 Å². The zero-order valence-electron chi connectivity index (χ0n) is 7.12. The van der Waals surface area contributed by atoms with Gasteiger partial charge in [0.25, 0.3) is 0 Å². The second-order valence-electron chi connectivity index (χ2n) is 3.62. The van der Waals surface area contributed by atoms with Crippen molar-refractivity contribution >= 4 is 0 Å². The molecule has 1 aliphatic rings. The second-order valence-corrected chi connectivity index (χ2v) is 3.62. The van der Waals surface area contributed by atoms with Crippen LogP contribution >= 0.6 is 0 Å². The Balaban J connectivity index is 2.31. The molecule has 2 rings (SSSR count). The van der Waals surface area contributed by atoms with Crippen LogP contribution in [0.1, 0.15) is 32.0 Å². The van der Waals surface area contributed by atoms with Crippen molar-refractivity contribution in [2.75, 3.05) is 0 Å². The molecule has 0 aliphatic carbocycles. The number of hydrogen-bond donors (Lipinski definition) is 0. The van der Waals surface area contributed by atoms with Crippen LogP contribution in [0.25, 0.3) is 0 Å². The topological polar surface area (TPSA) is 17.8 Å². The Kier molecular flexibility index (Phi) is 1.48. The summed E-state index contributed by atoms with van der Waals surface area (Å²) in [5, 5.41) is 0. The molecule has 1 atom stereocenters. The monoisotopic (exact) mass is 150 g/mol. The molecule has 0 radical (unpaired) electrons. The standard InChI is InChI=1S/C9H14N2/c1-7(2)8-3-5-11-6-4-10-9(8)11/h4,6-8H,3,5H2,1-2H3. The maximum absolute atomic E-state index is 4.36. The van der Waals surface area contributed by atoms with Gasteiger partial charge < -0.3 is 4.57 Å². The smallest absolute Gasteiger partial charge is 0.112 e. The normalized spacial score (nSPS) is 22.6. The highest BCUT2D eigenvalue weighted by Gasteiger charge is 2.25. The fourth-order valence-corrected chi connectivity index (χ4v) is 1.88. The average molecular weight is 150 g/mol. The lowest BCUT2D eigenvalue weighted by Crippen LogP contribution is -2.03. The molecular formula is C9H14N2. The molecule has 1 aliphatic heterocycles. The van der Waals surface area contributed by atoms with E-state index in [1.807, 2.05) is 6.20 Å². The van der Waals surface area contributed by atoms with Gasteiger partial charge in [0.05, 0.1) is 0 Å². The van der Waals surface area contributed by atoms with Crippen molar-refractivity contribution < 1.29 is 0 Å². The fraction of sp³-hybridized carbons (Fsp3) is 0.667. The largest absolute Gasteiger partial charge is 0.335 e. The molecule has 2 heteroatoms. The molecule has 0 N–H and O–H groups in total. The molecule has 0 amide bonds. The van der Waals surface area contributed by atoms with Gasteiger partial charge in [-0.1, -0.05) is 13.8 Å². The van der Waals surface area contributed by atoms with Gasteiger partial charge in [-0.15, -0.1) is 0 Å². The summed E-state index contributed by atoms with van der Waals surface area (Å²) in [6.45, 7) is 5.71. The van der Waals surface area contributed by atoms with Crippen LogP contribution in [0.4, 0.5) is 0 Å². The van der Waals surface area contributed by atoms with Gasteiger partial charge in [0, 0.05) is 24.9 Å². The summed E-state index contributed by atoms with van der Waals surface area (Å²) in [7, 11) is 0. The molecule has 1 aromatic heterocycles. The molecule has 0 saturated heterocycles. The van der Waals surface area contributed by atoms with E-state index < -0.39 is 0 Å². The molecular weight excluding hydrogens is 136 g/mol. The van der Waals surface area contributed by atoms with E-state index in [-0.39, 0.29) is 0 Å². The van der Waals surface area contributed by atoms with Crippen molar-refractivity contribution in [2.45, 2.75) is 32.7 Å². The fourth-order valence-electron chi connectivity index (χ4n) is 1.88. The van der Waals surface area contributed by atoms with Gasteiger partial charge in [0.2, 0.25) is 0 Å². The first-order chi connectivity index (χ1) is 5.29. The summed E-state index contributed by atoms with van der Waals surface area (Å²) in [5.74, 6) is 2.73. The summed E-state index contributed by atoms with van der Waals surface area (Å²) in [6.07, 6.45) is 5.27. The van der Waals surface area contributed by atoms with E-state index in [1.54, 1.807) is 0 Å². The van der Waals surface area contributed by atoms with Crippen molar-refractivity contribution in [3.8, 4) is 0 Å². The van der Waals surface area contributed by atoms with E-state index in [0.717, 1.165) is 12.5 Å². The highest BCUT2D eigenvalue weighted by atomic mass is 15.1. The highest BCUT2D eigenvalue weighted by Crippen LogP contribution is 2.32. The van der Waals surface area contributed by atoms with E-state index in [9.17, 15) is 0 Å². The molecule has 0 bridgehead atoms. The van der Waals surface area contributed by atoms with Crippen molar-refractivity contribution in [1.29, 1.82) is 0 Å². The maximum atomic E-state index is 4.36. The van der Waals surface area contributed by atoms with Crippen LogP contribution in [0.15, 0.2) is 12.4 Å². The minimum absolute atomic E-state index is 0.699. The number of imidazole rings is 1. The van der Waals surface area contributed by atoms with Gasteiger partial charge in [-0.2, -0.15) is 0 Å². The van der Waals surface area contributed by atoms with E-state index >= 15 is 0 Å². The molecule has 0 fully saturated rings. The molecule has 0 spiro atoms. The van der Waals surface area contributed by atoms with E-state index in [1.165, 1.54) is 12.2 Å². The SMILES string of the molecule is CC(C)C1CCn2ccnc21. The van der Waals surface area contributed by atoms with Gasteiger partial charge in [-0.25, -0.2) is 4.98 Å². The first-order valence-electron chi connectivity index (χ1n) is 4.30. The predicted molar refractivity (Wildman–Crippen MR) is 44.4 cm³/mol. The Morgan fingerprint density at radius 3 is 3.18 bits per heavy atom. The zero-order valence-corrected chi connectivity index (χ0v) is 7.12. The third-order valence-electron chi connectivity index (χ3n) is 2.57. The van der Waals surface area contributed by atoms with Crippen LogP contribution in [0.2, 0.25) is 0 Å². The van der Waals surface area contributed by atoms with Crippen molar-refractivity contribution in [3.63, 3.8) is 0 Å². The summed E-state index contributed by atoms with van der Waals surface area (Å²) >= 11 is 0. The summed E-state index contributed by atoms with van der Waals surface area (Å²) < 4.78 is 2.27. The molecule has 0 saturated carbocycles. The highest BCUT2D eigenvalue weighted by molar-refractivity contribution is 5.06. The van der Waals surface area contributed by atoms with Gasteiger partial charge in [-0.05, 0) is 12.3 Å². The summed E-state index contributed by atoms with van der Waals surface area (Å²) in [6, 6.07) is 0. The minimum Gasteiger partial charge on any atom is -0.335 e. The number of aryl methyl sites for hydroxylation is 1. The molecule has 60 valence electrons. The molecule has 11 heavy (non-hydrogen) atoms. The van der Waals surface area contributed by atoms with Crippen LogP contribution < -0.4 is 0 Å². The Labute approximate surface area is 67.3 Å². The number of aromatic nitrogens is 2. The summed E-state index contributed by atoms with van der Waals surface area (Å²) in [4.78, 5) is 4.36. The molecule has 2 heterocycles. The predicted octanol–water partition coefficient (Wildman–Crippen LogP) is 2.03. The lowest BCUT2D eigenvalue weighted by molar-refractivity contribution is 0.487. The molecule has 1 unspecified atom stereocenters. The first-order valence-corrected chi connectivity index (χ1v) is 4.30. The maximum Gasteiger partial charge on any atom is 0.112 e. The third kappa shape index (κ3) is 0.971. The minimum atomic E-state index is 0.699. The molecule has 2 nitrogen and oxygen atoms in total. The van der Waals surface area contributed by atoms with Gasteiger partial charge in [0.1, 0.15) is 5.82 Å². The van der Waals surface area contributed by atoms with E-state index in [4.69, 9.17) is 0 Å². The number of nitrogens with zero attached hydrogens (tertiary/aromatic N) is 2. The van der Waals surface area contributed by atoms with Crippen molar-refractivity contribution in [1.82, 2.24) is 9.55 Å². The number of fused-ring (bicyclic) bond motifs is 1. The van der Waals surface area contributed by atoms with Crippen LogP contribution in [0.5, 0.6) is 0 Å². The van der Waals surface area contributed by atoms with Crippen LogP contribution in [0.3, 0.4) is 0 Å². The molecule has 1 aromatic rings. The van der Waals surface area contributed by atoms with Gasteiger partial charge in [-0.3, -0.25) is 0 Å². The number of hydrogen-bond acceptors (Lipinski definition) is 1. The van der Waals surface area contributed by atoms with E-state index in [0.29, 0.717) is 5.92 Å². The van der Waals surface area contributed by atoms with E-state index in [2.05, 4.69) is 29.6 Å². The quantitative estimate of drug-likeness (QED) is 0.599. The van der Waals surface area contributed by atoms with Gasteiger partial charge >= 0.3 is 0 Å².